The number of hydrogen-bond acceptors (Lipinski definition) is 5. The summed E-state index contributed by atoms with van der Waals surface area (Å²) in [6.07, 6.45) is 1.65. The molecule has 0 aliphatic carbocycles. The highest BCUT2D eigenvalue weighted by atomic mass is 16.3. The Morgan fingerprint density at radius 2 is 2.32 bits per heavy atom. The lowest BCUT2D eigenvalue weighted by Gasteiger charge is -2.27. The summed E-state index contributed by atoms with van der Waals surface area (Å²) in [4.78, 5) is 6.23. The van der Waals surface area contributed by atoms with E-state index < -0.39 is 6.10 Å². The van der Waals surface area contributed by atoms with Crippen LogP contribution < -0.4 is 5.73 Å². The van der Waals surface area contributed by atoms with E-state index in [4.69, 9.17) is 5.73 Å². The zero-order chi connectivity index (χ0) is 14.0. The summed E-state index contributed by atoms with van der Waals surface area (Å²) < 4.78 is 0. The lowest BCUT2D eigenvalue weighted by molar-refractivity contribution is 0.118. The minimum absolute atomic E-state index is 0.109. The molecular weight excluding hydrogens is 242 g/mol. The Bertz CT molecular complexity index is 423. The van der Waals surface area contributed by atoms with Crippen molar-refractivity contribution >= 4 is 0 Å². The maximum Gasteiger partial charge on any atom is 0.133 e. The van der Waals surface area contributed by atoms with E-state index in [9.17, 15) is 10.2 Å². The van der Waals surface area contributed by atoms with Crippen molar-refractivity contribution < 1.29 is 10.2 Å². The van der Waals surface area contributed by atoms with Crippen molar-refractivity contribution in [2.24, 2.45) is 11.7 Å². The van der Waals surface area contributed by atoms with Crippen molar-refractivity contribution in [3.05, 3.63) is 24.0 Å². The second kappa shape index (κ2) is 5.45. The third-order valence-electron chi connectivity index (χ3n) is 4.23. The Balaban J connectivity index is 1.97. The average molecular weight is 265 g/mol. The van der Waals surface area contributed by atoms with E-state index in [1.165, 1.54) is 12.3 Å². The van der Waals surface area contributed by atoms with E-state index in [0.29, 0.717) is 18.2 Å². The molecule has 2 rings (SSSR count). The molecule has 0 aromatic carbocycles. The van der Waals surface area contributed by atoms with E-state index in [1.54, 1.807) is 6.07 Å². The first-order valence-electron chi connectivity index (χ1n) is 6.79. The fourth-order valence-corrected chi connectivity index (χ4v) is 2.74. The van der Waals surface area contributed by atoms with Crippen molar-refractivity contribution in [3.63, 3.8) is 0 Å². The van der Waals surface area contributed by atoms with Gasteiger partial charge in [-0.25, -0.2) is 0 Å². The largest absolute Gasteiger partial charge is 0.506 e. The molecule has 1 saturated heterocycles. The molecule has 0 radical (unpaired) electrons. The molecule has 0 amide bonds. The standard InChI is InChI=1S/C14H23N3O2/c1-3-14(15)9-17(7-10(14)2)8-13(19)12-5-4-11(18)6-16-12/h4-6,10,13,18-19H,3,7-9,15H2,1-2H3/t10-,13?,14-/m0/s1. The first-order chi connectivity index (χ1) is 8.94. The molecule has 1 aliphatic heterocycles. The van der Waals surface area contributed by atoms with Gasteiger partial charge in [0.15, 0.2) is 0 Å². The first-order valence-corrected chi connectivity index (χ1v) is 6.79. The van der Waals surface area contributed by atoms with Gasteiger partial charge in [0.05, 0.1) is 11.9 Å². The number of nitrogens with zero attached hydrogens (tertiary/aromatic N) is 2. The molecule has 106 valence electrons. The molecule has 1 fully saturated rings. The number of nitrogens with two attached hydrogens (primary N) is 1. The third kappa shape index (κ3) is 3.05. The van der Waals surface area contributed by atoms with Crippen molar-refractivity contribution in [1.82, 2.24) is 9.88 Å². The number of β-amino-alcohol motifs (C(OH)–C–C–N with tert-alkyl or cyclic N) is 1. The van der Waals surface area contributed by atoms with Crippen molar-refractivity contribution in [2.45, 2.75) is 31.9 Å². The predicted molar refractivity (Wildman–Crippen MR) is 73.7 cm³/mol. The minimum Gasteiger partial charge on any atom is -0.506 e. The minimum atomic E-state index is -0.646. The second-order valence-corrected chi connectivity index (χ2v) is 5.64. The van der Waals surface area contributed by atoms with Gasteiger partial charge in [0.25, 0.3) is 0 Å². The average Bonchev–Trinajstić information content (AvgIpc) is 2.66. The summed E-state index contributed by atoms with van der Waals surface area (Å²) in [6.45, 7) is 6.51. The van der Waals surface area contributed by atoms with Crippen LogP contribution in [0.25, 0.3) is 0 Å². The summed E-state index contributed by atoms with van der Waals surface area (Å²) in [5.41, 5.74) is 6.78. The number of aromatic nitrogens is 1. The highest BCUT2D eigenvalue weighted by Crippen LogP contribution is 2.29. The Morgan fingerprint density at radius 1 is 1.58 bits per heavy atom. The monoisotopic (exact) mass is 265 g/mol. The molecule has 19 heavy (non-hydrogen) atoms. The maximum absolute atomic E-state index is 10.2. The van der Waals surface area contributed by atoms with Crippen molar-refractivity contribution in [1.29, 1.82) is 0 Å². The Kier molecular flexibility index (Phi) is 4.08. The zero-order valence-corrected chi connectivity index (χ0v) is 11.6. The van der Waals surface area contributed by atoms with Gasteiger partial charge >= 0.3 is 0 Å². The smallest absolute Gasteiger partial charge is 0.133 e. The molecular formula is C14H23N3O2. The Labute approximate surface area is 114 Å². The number of likely N-dealkylation sites (tertiary alicyclic amines) is 1. The molecule has 1 aliphatic rings. The second-order valence-electron chi connectivity index (χ2n) is 5.64. The Hall–Kier alpha value is -1.17. The van der Waals surface area contributed by atoms with Crippen LogP contribution in [0.5, 0.6) is 5.75 Å². The third-order valence-corrected chi connectivity index (χ3v) is 4.23. The van der Waals surface area contributed by atoms with Gasteiger partial charge in [-0.05, 0) is 24.5 Å². The van der Waals surface area contributed by atoms with Gasteiger partial charge in [-0.15, -0.1) is 0 Å². The maximum atomic E-state index is 10.2. The molecule has 0 bridgehead atoms. The van der Waals surface area contributed by atoms with Gasteiger partial charge in [-0.2, -0.15) is 0 Å². The predicted octanol–water partition coefficient (Wildman–Crippen LogP) is 0.880. The van der Waals surface area contributed by atoms with E-state index in [0.717, 1.165) is 19.5 Å². The van der Waals surface area contributed by atoms with Gasteiger partial charge in [-0.3, -0.25) is 9.88 Å². The van der Waals surface area contributed by atoms with Gasteiger partial charge in [0.2, 0.25) is 0 Å². The van der Waals surface area contributed by atoms with Crippen molar-refractivity contribution in [3.8, 4) is 5.75 Å². The highest BCUT2D eigenvalue weighted by Gasteiger charge is 2.39. The quantitative estimate of drug-likeness (QED) is 0.753. The molecule has 4 N–H and O–H groups in total. The van der Waals surface area contributed by atoms with Gasteiger partial charge in [0, 0.05) is 25.2 Å². The topological polar surface area (TPSA) is 82.6 Å². The van der Waals surface area contributed by atoms with Gasteiger partial charge < -0.3 is 15.9 Å². The van der Waals surface area contributed by atoms with E-state index in [-0.39, 0.29) is 11.3 Å². The molecule has 1 unspecified atom stereocenters. The van der Waals surface area contributed by atoms with Crippen LogP contribution in [0.4, 0.5) is 0 Å². The zero-order valence-electron chi connectivity index (χ0n) is 11.6. The fourth-order valence-electron chi connectivity index (χ4n) is 2.74. The van der Waals surface area contributed by atoms with Crippen LogP contribution in [0.15, 0.2) is 18.3 Å². The fraction of sp³-hybridized carbons (Fsp3) is 0.643. The molecule has 5 heteroatoms. The lowest BCUT2D eigenvalue weighted by atomic mass is 9.87. The van der Waals surface area contributed by atoms with Gasteiger partial charge in [0.1, 0.15) is 11.9 Å². The summed E-state index contributed by atoms with van der Waals surface area (Å²) >= 11 is 0. The van der Waals surface area contributed by atoms with E-state index >= 15 is 0 Å². The first kappa shape index (κ1) is 14.2. The van der Waals surface area contributed by atoms with Crippen LogP contribution >= 0.6 is 0 Å². The highest BCUT2D eigenvalue weighted by molar-refractivity contribution is 5.19. The number of hydrogen-bond donors (Lipinski definition) is 3. The summed E-state index contributed by atoms with van der Waals surface area (Å²) in [6, 6.07) is 3.19. The molecule has 5 nitrogen and oxygen atoms in total. The summed E-state index contributed by atoms with van der Waals surface area (Å²) in [5.74, 6) is 0.537. The van der Waals surface area contributed by atoms with Crippen LogP contribution in [0.3, 0.4) is 0 Å². The number of aliphatic hydroxyl groups excluding tert-OH is 1. The summed E-state index contributed by atoms with van der Waals surface area (Å²) in [5, 5.41) is 19.4. The van der Waals surface area contributed by atoms with Crippen molar-refractivity contribution in [2.75, 3.05) is 19.6 Å². The van der Waals surface area contributed by atoms with E-state index in [2.05, 4.69) is 23.7 Å². The van der Waals surface area contributed by atoms with Crippen LogP contribution in [-0.4, -0.2) is 45.3 Å². The van der Waals surface area contributed by atoms with Crippen LogP contribution in [0.1, 0.15) is 32.1 Å². The SMILES string of the molecule is CC[C@]1(N)CN(CC(O)c2ccc(O)cn2)C[C@@H]1C. The molecule has 0 saturated carbocycles. The number of pyridine rings is 1. The number of aliphatic hydroxyl groups is 1. The Morgan fingerprint density at radius 3 is 2.84 bits per heavy atom. The molecule has 1 aromatic rings. The van der Waals surface area contributed by atoms with Crippen LogP contribution in [0, 0.1) is 5.92 Å². The van der Waals surface area contributed by atoms with Crippen LogP contribution in [-0.2, 0) is 0 Å². The van der Waals surface area contributed by atoms with Crippen LogP contribution in [0.2, 0.25) is 0 Å². The molecule has 3 atom stereocenters. The van der Waals surface area contributed by atoms with E-state index in [1.807, 2.05) is 0 Å². The lowest BCUT2D eigenvalue weighted by Crippen LogP contribution is -2.46. The molecule has 0 spiro atoms. The molecule has 2 heterocycles. The molecule has 1 aromatic heterocycles. The summed E-state index contributed by atoms with van der Waals surface area (Å²) in [7, 11) is 0. The number of aromatic hydroxyl groups is 1. The van der Waals surface area contributed by atoms with Gasteiger partial charge in [-0.1, -0.05) is 13.8 Å². The number of rotatable bonds is 4. The normalized spacial score (nSPS) is 29.6.